The Morgan fingerprint density at radius 2 is 1.81 bits per heavy atom. The van der Waals surface area contributed by atoms with Gasteiger partial charge in [-0.25, -0.2) is 4.39 Å². The van der Waals surface area contributed by atoms with Crippen molar-refractivity contribution in [1.29, 1.82) is 0 Å². The van der Waals surface area contributed by atoms with Crippen molar-refractivity contribution in [2.45, 2.75) is 32.0 Å². The van der Waals surface area contributed by atoms with Gasteiger partial charge in [-0.3, -0.25) is 0 Å². The average molecular weight is 306 g/mol. The molecular weight excluding hydrogens is 289 g/mol. The number of hydrogen-bond donors (Lipinski definition) is 1. The summed E-state index contributed by atoms with van der Waals surface area (Å²) in [5.74, 6) is 0.388. The second-order valence-corrected chi connectivity index (χ2v) is 5.74. The minimum Gasteiger partial charge on any atom is -0.489 e. The van der Waals surface area contributed by atoms with Crippen molar-refractivity contribution >= 4 is 11.6 Å². The van der Waals surface area contributed by atoms with Crippen molar-refractivity contribution in [1.82, 2.24) is 5.32 Å². The molecule has 0 saturated heterocycles. The van der Waals surface area contributed by atoms with E-state index in [1.807, 2.05) is 12.1 Å². The maximum absolute atomic E-state index is 13.1. The summed E-state index contributed by atoms with van der Waals surface area (Å²) in [6.45, 7) is 1.28. The van der Waals surface area contributed by atoms with Gasteiger partial charge in [0, 0.05) is 12.6 Å². The molecule has 0 amide bonds. The SMILES string of the molecule is Fc1ccc(COc2ccc(CNC3CC3)cc2)cc1Cl. The van der Waals surface area contributed by atoms with E-state index in [1.165, 1.54) is 24.5 Å². The molecule has 1 saturated carbocycles. The third-order valence-corrected chi connectivity index (χ3v) is 3.77. The van der Waals surface area contributed by atoms with Crippen LogP contribution in [0.3, 0.4) is 0 Å². The van der Waals surface area contributed by atoms with E-state index in [4.69, 9.17) is 16.3 Å². The van der Waals surface area contributed by atoms with Crippen LogP contribution in [0.15, 0.2) is 42.5 Å². The van der Waals surface area contributed by atoms with E-state index >= 15 is 0 Å². The van der Waals surface area contributed by atoms with Gasteiger partial charge in [0.2, 0.25) is 0 Å². The number of rotatable bonds is 6. The lowest BCUT2D eigenvalue weighted by atomic mass is 10.2. The molecule has 0 bridgehead atoms. The molecule has 0 heterocycles. The van der Waals surface area contributed by atoms with Crippen LogP contribution >= 0.6 is 11.6 Å². The molecule has 0 unspecified atom stereocenters. The number of benzene rings is 2. The molecule has 1 aliphatic rings. The fraction of sp³-hybridized carbons (Fsp3) is 0.294. The van der Waals surface area contributed by atoms with Crippen LogP contribution in [0.25, 0.3) is 0 Å². The minimum atomic E-state index is -0.409. The fourth-order valence-corrected chi connectivity index (χ4v) is 2.25. The Hall–Kier alpha value is -1.58. The summed E-state index contributed by atoms with van der Waals surface area (Å²) in [7, 11) is 0. The molecule has 1 N–H and O–H groups in total. The summed E-state index contributed by atoms with van der Waals surface area (Å²) in [4.78, 5) is 0. The molecule has 0 spiro atoms. The zero-order valence-corrected chi connectivity index (χ0v) is 12.4. The third-order valence-electron chi connectivity index (χ3n) is 3.49. The Labute approximate surface area is 128 Å². The quantitative estimate of drug-likeness (QED) is 0.858. The molecule has 2 aromatic carbocycles. The number of halogens is 2. The lowest BCUT2D eigenvalue weighted by Crippen LogP contribution is -2.15. The molecule has 2 nitrogen and oxygen atoms in total. The van der Waals surface area contributed by atoms with Gasteiger partial charge in [-0.2, -0.15) is 0 Å². The van der Waals surface area contributed by atoms with Crippen LogP contribution in [0.5, 0.6) is 5.75 Å². The van der Waals surface area contributed by atoms with Gasteiger partial charge in [0.05, 0.1) is 5.02 Å². The topological polar surface area (TPSA) is 21.3 Å². The Bertz CT molecular complexity index is 611. The highest BCUT2D eigenvalue weighted by Gasteiger charge is 2.19. The lowest BCUT2D eigenvalue weighted by Gasteiger charge is -2.08. The van der Waals surface area contributed by atoms with Crippen molar-refractivity contribution < 1.29 is 9.13 Å². The van der Waals surface area contributed by atoms with E-state index in [9.17, 15) is 4.39 Å². The molecule has 0 aromatic heterocycles. The molecule has 3 rings (SSSR count). The molecule has 21 heavy (non-hydrogen) atoms. The Kier molecular flexibility index (Phi) is 4.42. The largest absolute Gasteiger partial charge is 0.489 e. The van der Waals surface area contributed by atoms with Crippen LogP contribution in [0, 0.1) is 5.82 Å². The van der Waals surface area contributed by atoms with Gasteiger partial charge in [0.15, 0.2) is 0 Å². The summed E-state index contributed by atoms with van der Waals surface area (Å²) in [6.07, 6.45) is 2.59. The predicted molar refractivity (Wildman–Crippen MR) is 82.0 cm³/mol. The zero-order valence-electron chi connectivity index (χ0n) is 11.6. The van der Waals surface area contributed by atoms with Gasteiger partial charge in [-0.15, -0.1) is 0 Å². The van der Waals surface area contributed by atoms with Gasteiger partial charge >= 0.3 is 0 Å². The van der Waals surface area contributed by atoms with Crippen molar-refractivity contribution in [2.75, 3.05) is 0 Å². The Morgan fingerprint density at radius 1 is 1.10 bits per heavy atom. The van der Waals surface area contributed by atoms with E-state index in [2.05, 4.69) is 17.4 Å². The van der Waals surface area contributed by atoms with Crippen LogP contribution in [-0.4, -0.2) is 6.04 Å². The monoisotopic (exact) mass is 305 g/mol. The van der Waals surface area contributed by atoms with Gasteiger partial charge < -0.3 is 10.1 Å². The van der Waals surface area contributed by atoms with Crippen molar-refractivity contribution in [2.24, 2.45) is 0 Å². The van der Waals surface area contributed by atoms with Gasteiger partial charge in [0.25, 0.3) is 0 Å². The van der Waals surface area contributed by atoms with E-state index in [0.717, 1.165) is 17.9 Å². The highest BCUT2D eigenvalue weighted by Crippen LogP contribution is 2.21. The molecule has 0 radical (unpaired) electrons. The minimum absolute atomic E-state index is 0.123. The second-order valence-electron chi connectivity index (χ2n) is 5.34. The van der Waals surface area contributed by atoms with Gasteiger partial charge in [-0.05, 0) is 48.2 Å². The molecule has 0 atom stereocenters. The second kappa shape index (κ2) is 6.46. The molecule has 1 aliphatic carbocycles. The Morgan fingerprint density at radius 3 is 2.48 bits per heavy atom. The summed E-state index contributed by atoms with van der Waals surface area (Å²) in [5, 5.41) is 3.59. The first-order chi connectivity index (χ1) is 10.2. The number of nitrogens with one attached hydrogen (secondary N) is 1. The molecule has 1 fully saturated rings. The summed E-state index contributed by atoms with van der Waals surface area (Å²) in [6, 6.07) is 13.4. The summed E-state index contributed by atoms with van der Waals surface area (Å²) >= 11 is 5.74. The van der Waals surface area contributed by atoms with E-state index in [-0.39, 0.29) is 5.02 Å². The van der Waals surface area contributed by atoms with Crippen LogP contribution in [0.1, 0.15) is 24.0 Å². The van der Waals surface area contributed by atoms with Crippen LogP contribution < -0.4 is 10.1 Å². The molecule has 110 valence electrons. The maximum Gasteiger partial charge on any atom is 0.141 e. The van der Waals surface area contributed by atoms with Gasteiger partial charge in [0.1, 0.15) is 18.2 Å². The lowest BCUT2D eigenvalue weighted by molar-refractivity contribution is 0.306. The van der Waals surface area contributed by atoms with Crippen LogP contribution in [0.4, 0.5) is 4.39 Å². The highest BCUT2D eigenvalue weighted by atomic mass is 35.5. The molecule has 0 aliphatic heterocycles. The summed E-state index contributed by atoms with van der Waals surface area (Å²) in [5.41, 5.74) is 2.10. The van der Waals surface area contributed by atoms with Crippen LogP contribution in [-0.2, 0) is 13.2 Å². The fourth-order valence-electron chi connectivity index (χ4n) is 2.05. The third kappa shape index (κ3) is 4.19. The predicted octanol–water partition coefficient (Wildman–Crippen LogP) is 4.31. The first kappa shape index (κ1) is 14.4. The van der Waals surface area contributed by atoms with E-state index in [0.29, 0.717) is 12.6 Å². The smallest absolute Gasteiger partial charge is 0.141 e. The number of ether oxygens (including phenoxy) is 1. The van der Waals surface area contributed by atoms with Crippen molar-refractivity contribution in [3.63, 3.8) is 0 Å². The normalized spacial score (nSPS) is 14.2. The Balaban J connectivity index is 1.53. The first-order valence-corrected chi connectivity index (χ1v) is 7.47. The standard InChI is InChI=1S/C17H17ClFNO/c18-16-9-13(3-8-17(16)19)11-21-15-6-1-12(2-7-15)10-20-14-4-5-14/h1-3,6-9,14,20H,4-5,10-11H2. The molecule has 4 heteroatoms. The van der Waals surface area contributed by atoms with Crippen LogP contribution in [0.2, 0.25) is 5.02 Å². The van der Waals surface area contributed by atoms with E-state index in [1.54, 1.807) is 12.1 Å². The number of hydrogen-bond acceptors (Lipinski definition) is 2. The summed E-state index contributed by atoms with van der Waals surface area (Å²) < 4.78 is 18.7. The first-order valence-electron chi connectivity index (χ1n) is 7.10. The van der Waals surface area contributed by atoms with Gasteiger partial charge in [-0.1, -0.05) is 29.8 Å². The average Bonchev–Trinajstić information content (AvgIpc) is 3.32. The highest BCUT2D eigenvalue weighted by molar-refractivity contribution is 6.30. The molecule has 2 aromatic rings. The van der Waals surface area contributed by atoms with E-state index < -0.39 is 5.82 Å². The van der Waals surface area contributed by atoms with Crippen molar-refractivity contribution in [3.8, 4) is 5.75 Å². The zero-order chi connectivity index (χ0) is 14.7. The maximum atomic E-state index is 13.1. The molecular formula is C17H17ClFNO. The van der Waals surface area contributed by atoms with Crippen molar-refractivity contribution in [3.05, 3.63) is 64.4 Å².